The molecule has 1 N–H and O–H groups in total. The second kappa shape index (κ2) is 8.27. The van der Waals surface area contributed by atoms with Crippen LogP contribution in [-0.4, -0.2) is 30.7 Å². The summed E-state index contributed by atoms with van der Waals surface area (Å²) in [5.41, 5.74) is 1.62. The van der Waals surface area contributed by atoms with Crippen LogP contribution in [0.2, 0.25) is 5.02 Å². The minimum absolute atomic E-state index is 0.243. The van der Waals surface area contributed by atoms with Crippen LogP contribution in [0.5, 0.6) is 0 Å². The number of hydrogen-bond donors (Lipinski definition) is 1. The third-order valence-electron chi connectivity index (χ3n) is 4.06. The number of halogens is 1. The molecule has 148 valence electrons. The van der Waals surface area contributed by atoms with Crippen molar-refractivity contribution < 1.29 is 4.79 Å². The Bertz CT molecular complexity index is 1210. The molecule has 0 spiro atoms. The van der Waals surface area contributed by atoms with Gasteiger partial charge in [-0.05, 0) is 52.1 Å². The molecular weight excluding hydrogens is 432 g/mol. The van der Waals surface area contributed by atoms with Gasteiger partial charge in [-0.3, -0.25) is 4.79 Å². The normalized spacial score (nSPS) is 11.0. The maximum atomic E-state index is 12.3. The number of aryl methyl sites for hydroxylation is 1. The van der Waals surface area contributed by atoms with E-state index in [2.05, 4.69) is 20.7 Å². The molecule has 11 heteroatoms. The van der Waals surface area contributed by atoms with Crippen molar-refractivity contribution in [2.45, 2.75) is 19.9 Å². The summed E-state index contributed by atoms with van der Waals surface area (Å²) < 4.78 is 2.17. The molecule has 4 aromatic rings. The predicted octanol–water partition coefficient (Wildman–Crippen LogP) is 3.14. The number of tetrazole rings is 1. The van der Waals surface area contributed by atoms with Gasteiger partial charge in [0.1, 0.15) is 11.5 Å². The molecule has 0 saturated carbocycles. The van der Waals surface area contributed by atoms with E-state index in [1.807, 2.05) is 36.6 Å². The number of nitrogens with zero attached hydrogens (tertiary/aromatic N) is 5. The first-order valence-corrected chi connectivity index (χ1v) is 10.6. The monoisotopic (exact) mass is 446 g/mol. The fraction of sp³-hybridized carbons (Fsp3) is 0.167. The van der Waals surface area contributed by atoms with E-state index in [1.54, 1.807) is 12.3 Å². The van der Waals surface area contributed by atoms with Crippen LogP contribution < -0.4 is 11.0 Å². The first-order chi connectivity index (χ1) is 14.0. The van der Waals surface area contributed by atoms with Gasteiger partial charge in [-0.15, -0.1) is 22.7 Å². The highest BCUT2D eigenvalue weighted by atomic mass is 35.5. The SMILES string of the molecule is Cc1ccc(Cc2cnc(NC(=O)Cn3nnn(-c4cccs4)c3=O)s2)cc1Cl. The van der Waals surface area contributed by atoms with Crippen LogP contribution in [0.4, 0.5) is 5.13 Å². The highest BCUT2D eigenvalue weighted by Gasteiger charge is 2.14. The molecule has 0 atom stereocenters. The van der Waals surface area contributed by atoms with Gasteiger partial charge in [0.2, 0.25) is 5.91 Å². The Morgan fingerprint density at radius 3 is 2.90 bits per heavy atom. The Hall–Kier alpha value is -2.82. The summed E-state index contributed by atoms with van der Waals surface area (Å²) in [6.07, 6.45) is 2.38. The van der Waals surface area contributed by atoms with Crippen molar-refractivity contribution >= 4 is 45.3 Å². The van der Waals surface area contributed by atoms with Gasteiger partial charge in [-0.1, -0.05) is 23.7 Å². The number of benzene rings is 1. The number of carbonyl (C=O) groups is 1. The van der Waals surface area contributed by atoms with Gasteiger partial charge in [0, 0.05) is 22.5 Å². The summed E-state index contributed by atoms with van der Waals surface area (Å²) >= 11 is 8.90. The van der Waals surface area contributed by atoms with Gasteiger partial charge in [0.05, 0.1) is 0 Å². The molecule has 0 saturated heterocycles. The third-order valence-corrected chi connectivity index (χ3v) is 6.23. The molecule has 1 amide bonds. The summed E-state index contributed by atoms with van der Waals surface area (Å²) in [7, 11) is 0. The van der Waals surface area contributed by atoms with E-state index in [4.69, 9.17) is 11.6 Å². The number of thiazole rings is 1. The van der Waals surface area contributed by atoms with Crippen LogP contribution in [0.1, 0.15) is 16.0 Å². The zero-order chi connectivity index (χ0) is 20.4. The van der Waals surface area contributed by atoms with Crippen LogP contribution in [0, 0.1) is 6.92 Å². The lowest BCUT2D eigenvalue weighted by Gasteiger charge is -2.02. The van der Waals surface area contributed by atoms with Crippen molar-refractivity contribution in [2.75, 3.05) is 5.32 Å². The van der Waals surface area contributed by atoms with Gasteiger partial charge < -0.3 is 5.32 Å². The minimum atomic E-state index is -0.473. The van der Waals surface area contributed by atoms with Crippen molar-refractivity contribution in [3.63, 3.8) is 0 Å². The topological polar surface area (TPSA) is 94.7 Å². The van der Waals surface area contributed by atoms with Gasteiger partial charge in [0.15, 0.2) is 5.13 Å². The minimum Gasteiger partial charge on any atom is -0.300 e. The molecular formula is C18H15ClN6O2S2. The zero-order valence-electron chi connectivity index (χ0n) is 15.2. The molecule has 0 unspecified atom stereocenters. The number of amides is 1. The summed E-state index contributed by atoms with van der Waals surface area (Å²) in [6.45, 7) is 1.71. The average Bonchev–Trinajstić information content (AvgIpc) is 3.42. The lowest BCUT2D eigenvalue weighted by Crippen LogP contribution is -2.29. The van der Waals surface area contributed by atoms with Crippen molar-refractivity contribution in [2.24, 2.45) is 0 Å². The lowest BCUT2D eigenvalue weighted by molar-refractivity contribution is -0.117. The summed E-state index contributed by atoms with van der Waals surface area (Å²) in [6, 6.07) is 9.48. The van der Waals surface area contributed by atoms with Crippen LogP contribution >= 0.6 is 34.3 Å². The largest absolute Gasteiger partial charge is 0.369 e. The number of aromatic nitrogens is 5. The number of hydrogen-bond acceptors (Lipinski definition) is 7. The Balaban J connectivity index is 1.39. The van der Waals surface area contributed by atoms with E-state index in [9.17, 15) is 9.59 Å². The highest BCUT2D eigenvalue weighted by Crippen LogP contribution is 2.23. The number of nitrogens with one attached hydrogen (secondary N) is 1. The van der Waals surface area contributed by atoms with E-state index in [1.165, 1.54) is 22.7 Å². The van der Waals surface area contributed by atoms with Crippen LogP contribution in [0.25, 0.3) is 5.00 Å². The number of thiophene rings is 1. The molecule has 0 fully saturated rings. The van der Waals surface area contributed by atoms with E-state index in [0.717, 1.165) is 30.4 Å². The fourth-order valence-electron chi connectivity index (χ4n) is 2.59. The molecule has 3 heterocycles. The molecule has 4 rings (SSSR count). The second-order valence-electron chi connectivity index (χ2n) is 6.22. The molecule has 0 aliphatic rings. The first kappa shape index (κ1) is 19.5. The number of anilines is 1. The van der Waals surface area contributed by atoms with E-state index in [0.29, 0.717) is 16.6 Å². The molecule has 0 radical (unpaired) electrons. The molecule has 8 nitrogen and oxygen atoms in total. The van der Waals surface area contributed by atoms with Gasteiger partial charge >= 0.3 is 5.69 Å². The molecule has 29 heavy (non-hydrogen) atoms. The van der Waals surface area contributed by atoms with Crippen molar-refractivity contribution in [1.29, 1.82) is 0 Å². The second-order valence-corrected chi connectivity index (χ2v) is 8.67. The third kappa shape index (κ3) is 4.44. The Morgan fingerprint density at radius 1 is 1.28 bits per heavy atom. The molecule has 0 aliphatic carbocycles. The standard InChI is InChI=1S/C18H15ClN6O2S2/c1-11-4-5-12(8-14(11)19)7-13-9-20-17(29-13)21-15(26)10-24-18(27)25(23-22-24)16-3-2-6-28-16/h2-6,8-9H,7,10H2,1H3,(H,20,21,26). The van der Waals surface area contributed by atoms with E-state index < -0.39 is 11.6 Å². The predicted molar refractivity (Wildman–Crippen MR) is 113 cm³/mol. The van der Waals surface area contributed by atoms with Crippen LogP contribution in [0.3, 0.4) is 0 Å². The Morgan fingerprint density at radius 2 is 2.14 bits per heavy atom. The van der Waals surface area contributed by atoms with Gasteiger partial charge in [0.25, 0.3) is 0 Å². The summed E-state index contributed by atoms with van der Waals surface area (Å²) in [5, 5.41) is 13.9. The maximum Gasteiger partial charge on any atom is 0.369 e. The Labute approximate surface area is 178 Å². The van der Waals surface area contributed by atoms with Gasteiger partial charge in [-0.25, -0.2) is 9.78 Å². The number of rotatable bonds is 6. The number of carbonyl (C=O) groups excluding carboxylic acids is 1. The first-order valence-electron chi connectivity index (χ1n) is 8.56. The maximum absolute atomic E-state index is 12.3. The van der Waals surface area contributed by atoms with E-state index >= 15 is 0 Å². The Kier molecular flexibility index (Phi) is 5.56. The van der Waals surface area contributed by atoms with Crippen LogP contribution in [-0.2, 0) is 17.8 Å². The fourth-order valence-corrected chi connectivity index (χ4v) is 4.33. The molecule has 0 bridgehead atoms. The van der Waals surface area contributed by atoms with Crippen molar-refractivity contribution in [3.8, 4) is 5.00 Å². The van der Waals surface area contributed by atoms with Gasteiger partial charge in [-0.2, -0.15) is 9.36 Å². The highest BCUT2D eigenvalue weighted by molar-refractivity contribution is 7.15. The molecule has 3 aromatic heterocycles. The molecule has 0 aliphatic heterocycles. The molecule has 1 aromatic carbocycles. The van der Waals surface area contributed by atoms with E-state index in [-0.39, 0.29) is 6.54 Å². The lowest BCUT2D eigenvalue weighted by atomic mass is 10.1. The summed E-state index contributed by atoms with van der Waals surface area (Å²) in [4.78, 5) is 29.8. The summed E-state index contributed by atoms with van der Waals surface area (Å²) in [5.74, 6) is -0.399. The van der Waals surface area contributed by atoms with Crippen molar-refractivity contribution in [3.05, 3.63) is 73.4 Å². The van der Waals surface area contributed by atoms with Crippen molar-refractivity contribution in [1.82, 2.24) is 24.8 Å². The average molecular weight is 447 g/mol. The zero-order valence-corrected chi connectivity index (χ0v) is 17.6. The van der Waals surface area contributed by atoms with Crippen LogP contribution in [0.15, 0.2) is 46.7 Å². The quantitative estimate of drug-likeness (QED) is 0.491. The smallest absolute Gasteiger partial charge is 0.300 e.